The Labute approximate surface area is 109 Å². The van der Waals surface area contributed by atoms with Gasteiger partial charge in [0.25, 0.3) is 0 Å². The molecule has 1 fully saturated rings. The third-order valence-corrected chi connectivity index (χ3v) is 3.61. The molecule has 2 rings (SSSR count). The van der Waals surface area contributed by atoms with E-state index in [2.05, 4.69) is 44.3 Å². The van der Waals surface area contributed by atoms with Gasteiger partial charge in [0, 0.05) is 12.6 Å². The maximum atomic E-state index is 5.45. The van der Waals surface area contributed by atoms with Crippen LogP contribution in [0.2, 0.25) is 0 Å². The highest BCUT2D eigenvalue weighted by Crippen LogP contribution is 2.34. The van der Waals surface area contributed by atoms with Crippen molar-refractivity contribution in [3.05, 3.63) is 29.3 Å². The predicted molar refractivity (Wildman–Crippen MR) is 73.4 cm³/mol. The van der Waals surface area contributed by atoms with Gasteiger partial charge in [-0.3, -0.25) is 0 Å². The molecular formula is C15H23NO2. The van der Waals surface area contributed by atoms with Gasteiger partial charge in [-0.2, -0.15) is 0 Å². The number of nitrogens with one attached hydrogen (secondary N) is 1. The van der Waals surface area contributed by atoms with E-state index < -0.39 is 0 Å². The summed E-state index contributed by atoms with van der Waals surface area (Å²) in [5.41, 5.74) is 2.67. The molecule has 0 atom stereocenters. The second-order valence-corrected chi connectivity index (χ2v) is 5.49. The summed E-state index contributed by atoms with van der Waals surface area (Å²) in [7, 11) is 1.71. The lowest BCUT2D eigenvalue weighted by molar-refractivity contribution is -0.0597. The minimum Gasteiger partial charge on any atom is -0.496 e. The normalized spacial score (nSPS) is 17.6. The molecular weight excluding hydrogens is 226 g/mol. The number of benzene rings is 1. The molecule has 1 N–H and O–H groups in total. The molecule has 1 aliphatic rings. The third-order valence-electron chi connectivity index (χ3n) is 3.61. The Morgan fingerprint density at radius 2 is 2.11 bits per heavy atom. The number of aryl methyl sites for hydroxylation is 1. The molecule has 0 aromatic heterocycles. The van der Waals surface area contributed by atoms with Gasteiger partial charge in [0.15, 0.2) is 0 Å². The topological polar surface area (TPSA) is 30.5 Å². The maximum absolute atomic E-state index is 5.45. The Morgan fingerprint density at radius 3 is 2.56 bits per heavy atom. The quantitative estimate of drug-likeness (QED) is 0.868. The number of hydrogen-bond donors (Lipinski definition) is 1. The summed E-state index contributed by atoms with van der Waals surface area (Å²) >= 11 is 0. The summed E-state index contributed by atoms with van der Waals surface area (Å²) in [6.45, 7) is 9.01. The Morgan fingerprint density at radius 1 is 1.39 bits per heavy atom. The molecule has 0 aliphatic carbocycles. The van der Waals surface area contributed by atoms with Crippen molar-refractivity contribution >= 4 is 0 Å². The van der Waals surface area contributed by atoms with Crippen LogP contribution in [0, 0.1) is 6.92 Å². The lowest BCUT2D eigenvalue weighted by atomic mass is 9.78. The first-order chi connectivity index (χ1) is 8.57. The van der Waals surface area contributed by atoms with Crippen LogP contribution in [-0.2, 0) is 10.2 Å². The predicted octanol–water partition coefficient (Wildman–Crippen LogP) is 2.27. The number of hydrogen-bond acceptors (Lipinski definition) is 3. The molecule has 0 radical (unpaired) electrons. The Bertz CT molecular complexity index is 411. The van der Waals surface area contributed by atoms with Gasteiger partial charge in [-0.15, -0.1) is 0 Å². The Balaban J connectivity index is 2.19. The van der Waals surface area contributed by atoms with Crippen LogP contribution >= 0.6 is 0 Å². The van der Waals surface area contributed by atoms with Gasteiger partial charge in [0.1, 0.15) is 5.75 Å². The van der Waals surface area contributed by atoms with Gasteiger partial charge in [0.2, 0.25) is 0 Å². The second-order valence-electron chi connectivity index (χ2n) is 5.49. The SMILES string of the molecule is COc1ccc(C2(CNC(C)C)COC2)cc1C. The molecule has 0 bridgehead atoms. The van der Waals surface area contributed by atoms with E-state index in [0.29, 0.717) is 6.04 Å². The highest BCUT2D eigenvalue weighted by molar-refractivity contribution is 5.40. The standard InChI is InChI=1S/C15H23NO2/c1-11(2)16-8-15(9-18-10-15)13-5-6-14(17-4)12(3)7-13/h5-7,11,16H,8-10H2,1-4H3. The Hall–Kier alpha value is -1.06. The lowest BCUT2D eigenvalue weighted by Crippen LogP contribution is -2.54. The van der Waals surface area contributed by atoms with E-state index >= 15 is 0 Å². The van der Waals surface area contributed by atoms with Gasteiger partial charge in [0.05, 0.1) is 25.7 Å². The third kappa shape index (κ3) is 2.52. The first-order valence-corrected chi connectivity index (χ1v) is 6.54. The van der Waals surface area contributed by atoms with Crippen LogP contribution in [0.1, 0.15) is 25.0 Å². The van der Waals surface area contributed by atoms with Crippen molar-refractivity contribution in [3.8, 4) is 5.75 Å². The molecule has 1 heterocycles. The molecule has 1 aliphatic heterocycles. The summed E-state index contributed by atoms with van der Waals surface area (Å²) < 4.78 is 10.8. The minimum absolute atomic E-state index is 0.140. The number of rotatable bonds is 5. The molecule has 0 spiro atoms. The fourth-order valence-corrected chi connectivity index (χ4v) is 2.33. The van der Waals surface area contributed by atoms with Gasteiger partial charge < -0.3 is 14.8 Å². The first kappa shape index (κ1) is 13.4. The van der Waals surface area contributed by atoms with Crippen LogP contribution in [0.4, 0.5) is 0 Å². The van der Waals surface area contributed by atoms with E-state index in [1.54, 1.807) is 7.11 Å². The van der Waals surface area contributed by atoms with Crippen LogP contribution < -0.4 is 10.1 Å². The van der Waals surface area contributed by atoms with Crippen LogP contribution in [0.3, 0.4) is 0 Å². The van der Waals surface area contributed by atoms with E-state index in [9.17, 15) is 0 Å². The second kappa shape index (κ2) is 5.29. The van der Waals surface area contributed by atoms with E-state index in [-0.39, 0.29) is 5.41 Å². The molecule has 0 unspecified atom stereocenters. The Kier molecular flexibility index (Phi) is 3.93. The minimum atomic E-state index is 0.140. The van der Waals surface area contributed by atoms with Gasteiger partial charge >= 0.3 is 0 Å². The van der Waals surface area contributed by atoms with E-state index in [0.717, 1.165) is 25.5 Å². The molecule has 0 saturated carbocycles. The van der Waals surface area contributed by atoms with Crippen LogP contribution in [-0.4, -0.2) is 32.9 Å². The highest BCUT2D eigenvalue weighted by atomic mass is 16.5. The molecule has 0 amide bonds. The average Bonchev–Trinajstić information content (AvgIpc) is 2.27. The van der Waals surface area contributed by atoms with Gasteiger partial charge in [-0.1, -0.05) is 26.0 Å². The largest absolute Gasteiger partial charge is 0.496 e. The number of ether oxygens (including phenoxy) is 2. The van der Waals surface area contributed by atoms with Crippen molar-refractivity contribution in [3.63, 3.8) is 0 Å². The van der Waals surface area contributed by atoms with E-state index in [1.165, 1.54) is 11.1 Å². The van der Waals surface area contributed by atoms with Crippen molar-refractivity contribution in [1.29, 1.82) is 0 Å². The first-order valence-electron chi connectivity index (χ1n) is 6.54. The lowest BCUT2D eigenvalue weighted by Gasteiger charge is -2.43. The van der Waals surface area contributed by atoms with Crippen LogP contribution in [0.5, 0.6) is 5.75 Å². The fraction of sp³-hybridized carbons (Fsp3) is 0.600. The monoisotopic (exact) mass is 249 g/mol. The average molecular weight is 249 g/mol. The number of methoxy groups -OCH3 is 1. The van der Waals surface area contributed by atoms with Crippen molar-refractivity contribution in [2.24, 2.45) is 0 Å². The van der Waals surface area contributed by atoms with Crippen molar-refractivity contribution in [2.45, 2.75) is 32.2 Å². The molecule has 1 aromatic carbocycles. The van der Waals surface area contributed by atoms with Crippen LogP contribution in [0.25, 0.3) is 0 Å². The maximum Gasteiger partial charge on any atom is 0.121 e. The summed E-state index contributed by atoms with van der Waals surface area (Å²) in [6.07, 6.45) is 0. The van der Waals surface area contributed by atoms with Crippen LogP contribution in [0.15, 0.2) is 18.2 Å². The molecule has 100 valence electrons. The zero-order valence-electron chi connectivity index (χ0n) is 11.7. The zero-order chi connectivity index (χ0) is 13.2. The van der Waals surface area contributed by atoms with Crippen molar-refractivity contribution in [1.82, 2.24) is 5.32 Å². The molecule has 3 heteroatoms. The molecule has 1 aromatic rings. The molecule has 1 saturated heterocycles. The summed E-state index contributed by atoms with van der Waals surface area (Å²) in [5, 5.41) is 3.52. The van der Waals surface area contributed by atoms with Crippen molar-refractivity contribution < 1.29 is 9.47 Å². The van der Waals surface area contributed by atoms with Crippen molar-refractivity contribution in [2.75, 3.05) is 26.9 Å². The fourth-order valence-electron chi connectivity index (χ4n) is 2.33. The van der Waals surface area contributed by atoms with Gasteiger partial charge in [-0.25, -0.2) is 0 Å². The summed E-state index contributed by atoms with van der Waals surface area (Å²) in [5.74, 6) is 0.950. The highest BCUT2D eigenvalue weighted by Gasteiger charge is 2.40. The zero-order valence-corrected chi connectivity index (χ0v) is 11.7. The van der Waals surface area contributed by atoms with E-state index in [1.807, 2.05) is 0 Å². The summed E-state index contributed by atoms with van der Waals surface area (Å²) in [4.78, 5) is 0. The molecule has 3 nitrogen and oxygen atoms in total. The smallest absolute Gasteiger partial charge is 0.121 e. The van der Waals surface area contributed by atoms with Gasteiger partial charge in [-0.05, 0) is 24.1 Å². The molecule has 18 heavy (non-hydrogen) atoms. The van der Waals surface area contributed by atoms with E-state index in [4.69, 9.17) is 9.47 Å². The summed E-state index contributed by atoms with van der Waals surface area (Å²) in [6, 6.07) is 6.95.